The molecule has 0 saturated heterocycles. The molecule has 2 N–H and O–H groups in total. The number of amides is 2. The maximum atomic E-state index is 12.6. The first kappa shape index (κ1) is 18.8. The Morgan fingerprint density at radius 1 is 0.889 bits per heavy atom. The van der Waals surface area contributed by atoms with E-state index in [4.69, 9.17) is 23.2 Å². The van der Waals surface area contributed by atoms with Gasteiger partial charge >= 0.3 is 0 Å². The van der Waals surface area contributed by atoms with Crippen molar-refractivity contribution in [1.29, 1.82) is 0 Å². The molecule has 136 valence electrons. The maximum absolute atomic E-state index is 12.6. The Kier molecular flexibility index (Phi) is 5.69. The molecule has 3 rings (SSSR count). The van der Waals surface area contributed by atoms with Gasteiger partial charge in [0.1, 0.15) is 11.0 Å². The predicted octanol–water partition coefficient (Wildman–Crippen LogP) is 4.60. The van der Waals surface area contributed by atoms with Crippen molar-refractivity contribution >= 4 is 46.5 Å². The number of hydrogen-bond acceptors (Lipinski definition) is 4. The van der Waals surface area contributed by atoms with Gasteiger partial charge in [-0.05, 0) is 48.9 Å². The maximum Gasteiger partial charge on any atom is 0.258 e. The molecule has 0 aliphatic heterocycles. The van der Waals surface area contributed by atoms with Gasteiger partial charge in [0.05, 0.1) is 16.8 Å². The Labute approximate surface area is 165 Å². The first-order chi connectivity index (χ1) is 12.9. The molecule has 1 aromatic carbocycles. The Morgan fingerprint density at radius 2 is 1.70 bits per heavy atom. The number of hydrogen-bond donors (Lipinski definition) is 2. The van der Waals surface area contributed by atoms with Crippen molar-refractivity contribution in [1.82, 2.24) is 9.97 Å². The van der Waals surface area contributed by atoms with Crippen LogP contribution in [0.15, 0.2) is 54.9 Å². The summed E-state index contributed by atoms with van der Waals surface area (Å²) < 4.78 is 0. The number of halogens is 2. The molecule has 27 heavy (non-hydrogen) atoms. The molecular weight excluding hydrogens is 387 g/mol. The number of aryl methyl sites for hydroxylation is 1. The van der Waals surface area contributed by atoms with Crippen molar-refractivity contribution in [3.8, 4) is 0 Å². The molecule has 0 aliphatic rings. The fourth-order valence-corrected chi connectivity index (χ4v) is 2.53. The molecule has 0 fully saturated rings. The average Bonchev–Trinajstić information content (AvgIpc) is 2.65. The summed E-state index contributed by atoms with van der Waals surface area (Å²) in [5, 5.41) is 6.02. The van der Waals surface area contributed by atoms with E-state index in [1.807, 2.05) is 13.0 Å². The van der Waals surface area contributed by atoms with E-state index in [0.29, 0.717) is 22.1 Å². The van der Waals surface area contributed by atoms with E-state index in [1.165, 1.54) is 24.4 Å². The normalized spacial score (nSPS) is 10.3. The van der Waals surface area contributed by atoms with Crippen LogP contribution in [0.3, 0.4) is 0 Å². The number of anilines is 2. The Balaban J connectivity index is 1.83. The number of carbonyl (C=O) groups excluding carboxylic acids is 2. The van der Waals surface area contributed by atoms with Gasteiger partial charge < -0.3 is 10.6 Å². The van der Waals surface area contributed by atoms with Crippen LogP contribution in [-0.2, 0) is 0 Å². The molecule has 0 radical (unpaired) electrons. The Hall–Kier alpha value is -2.96. The summed E-state index contributed by atoms with van der Waals surface area (Å²) >= 11 is 11.8. The van der Waals surface area contributed by atoms with E-state index >= 15 is 0 Å². The van der Waals surface area contributed by atoms with E-state index < -0.39 is 11.8 Å². The third-order valence-electron chi connectivity index (χ3n) is 3.62. The molecule has 3 aromatic rings. The van der Waals surface area contributed by atoms with Gasteiger partial charge in [-0.2, -0.15) is 0 Å². The SMILES string of the molecule is Cc1ccc(NC(=O)c2cc(Cl)ccc2NC(=O)c2ccc(Cl)nc2)nc1. The van der Waals surface area contributed by atoms with Crippen LogP contribution in [0.2, 0.25) is 10.2 Å². The zero-order valence-corrected chi connectivity index (χ0v) is 15.7. The second-order valence-corrected chi connectivity index (χ2v) is 6.51. The van der Waals surface area contributed by atoms with Crippen molar-refractivity contribution in [2.75, 3.05) is 10.6 Å². The number of benzene rings is 1. The molecule has 8 heteroatoms. The standard InChI is InChI=1S/C19H14Cl2N4O2/c1-11-2-7-17(23-9-11)25-19(27)14-8-13(20)4-5-15(14)24-18(26)12-3-6-16(21)22-10-12/h2-10H,1H3,(H,24,26)(H,23,25,27). The van der Waals surface area contributed by atoms with Gasteiger partial charge in [-0.3, -0.25) is 9.59 Å². The number of carbonyl (C=O) groups is 2. The minimum atomic E-state index is -0.446. The van der Waals surface area contributed by atoms with Gasteiger partial charge in [0.15, 0.2) is 0 Å². The molecule has 0 spiro atoms. The zero-order chi connectivity index (χ0) is 19.4. The van der Waals surface area contributed by atoms with Crippen LogP contribution < -0.4 is 10.6 Å². The highest BCUT2D eigenvalue weighted by atomic mass is 35.5. The van der Waals surface area contributed by atoms with Gasteiger partial charge in [0.2, 0.25) is 0 Å². The van der Waals surface area contributed by atoms with Crippen molar-refractivity contribution in [3.05, 3.63) is 81.7 Å². The van der Waals surface area contributed by atoms with Crippen molar-refractivity contribution in [2.45, 2.75) is 6.92 Å². The van der Waals surface area contributed by atoms with Gasteiger partial charge in [-0.1, -0.05) is 29.3 Å². The topological polar surface area (TPSA) is 84.0 Å². The smallest absolute Gasteiger partial charge is 0.258 e. The zero-order valence-electron chi connectivity index (χ0n) is 14.2. The molecule has 0 atom stereocenters. The minimum Gasteiger partial charge on any atom is -0.321 e. The second kappa shape index (κ2) is 8.16. The largest absolute Gasteiger partial charge is 0.321 e. The van der Waals surface area contributed by atoms with Crippen LogP contribution in [0.4, 0.5) is 11.5 Å². The number of nitrogens with one attached hydrogen (secondary N) is 2. The lowest BCUT2D eigenvalue weighted by atomic mass is 10.1. The number of aromatic nitrogens is 2. The van der Waals surface area contributed by atoms with E-state index in [9.17, 15) is 9.59 Å². The third kappa shape index (κ3) is 4.81. The van der Waals surface area contributed by atoms with Crippen LogP contribution in [0, 0.1) is 6.92 Å². The summed E-state index contributed by atoms with van der Waals surface area (Å²) in [5.74, 6) is -0.480. The van der Waals surface area contributed by atoms with Crippen molar-refractivity contribution in [3.63, 3.8) is 0 Å². The number of pyridine rings is 2. The monoisotopic (exact) mass is 400 g/mol. The number of nitrogens with zero attached hydrogens (tertiary/aromatic N) is 2. The van der Waals surface area contributed by atoms with E-state index in [0.717, 1.165) is 5.56 Å². The van der Waals surface area contributed by atoms with Crippen LogP contribution in [0.25, 0.3) is 0 Å². The van der Waals surface area contributed by atoms with Gasteiger partial charge in [0, 0.05) is 17.4 Å². The third-order valence-corrected chi connectivity index (χ3v) is 4.08. The lowest BCUT2D eigenvalue weighted by Crippen LogP contribution is -2.19. The highest BCUT2D eigenvalue weighted by Crippen LogP contribution is 2.23. The fraction of sp³-hybridized carbons (Fsp3) is 0.0526. The molecule has 0 aliphatic carbocycles. The first-order valence-corrected chi connectivity index (χ1v) is 8.64. The van der Waals surface area contributed by atoms with Crippen molar-refractivity contribution < 1.29 is 9.59 Å². The molecule has 0 bridgehead atoms. The molecule has 2 aromatic heterocycles. The van der Waals surface area contributed by atoms with Crippen LogP contribution in [0.5, 0.6) is 0 Å². The predicted molar refractivity (Wildman–Crippen MR) is 106 cm³/mol. The highest BCUT2D eigenvalue weighted by Gasteiger charge is 2.16. The van der Waals surface area contributed by atoms with Gasteiger partial charge in [-0.25, -0.2) is 9.97 Å². The summed E-state index contributed by atoms with van der Waals surface area (Å²) in [6.07, 6.45) is 2.99. The minimum absolute atomic E-state index is 0.208. The summed E-state index contributed by atoms with van der Waals surface area (Å²) in [6, 6.07) is 11.2. The second-order valence-electron chi connectivity index (χ2n) is 5.69. The van der Waals surface area contributed by atoms with E-state index in [2.05, 4.69) is 20.6 Å². The summed E-state index contributed by atoms with van der Waals surface area (Å²) in [5.41, 5.74) is 1.80. The summed E-state index contributed by atoms with van der Waals surface area (Å²) in [7, 11) is 0. The van der Waals surface area contributed by atoms with Gasteiger partial charge in [-0.15, -0.1) is 0 Å². The first-order valence-electron chi connectivity index (χ1n) is 7.89. The highest BCUT2D eigenvalue weighted by molar-refractivity contribution is 6.31. The number of rotatable bonds is 4. The summed E-state index contributed by atoms with van der Waals surface area (Å²) in [4.78, 5) is 33.1. The van der Waals surface area contributed by atoms with Gasteiger partial charge in [0.25, 0.3) is 11.8 Å². The molecular formula is C19H14Cl2N4O2. The Morgan fingerprint density at radius 3 is 2.37 bits per heavy atom. The van der Waals surface area contributed by atoms with Crippen molar-refractivity contribution in [2.24, 2.45) is 0 Å². The molecule has 0 unspecified atom stereocenters. The lowest BCUT2D eigenvalue weighted by Gasteiger charge is -2.12. The van der Waals surface area contributed by atoms with Crippen LogP contribution in [-0.4, -0.2) is 21.8 Å². The quantitative estimate of drug-likeness (QED) is 0.626. The van der Waals surface area contributed by atoms with E-state index in [1.54, 1.807) is 24.4 Å². The van der Waals surface area contributed by atoms with Crippen LogP contribution >= 0.6 is 23.2 Å². The summed E-state index contributed by atoms with van der Waals surface area (Å²) in [6.45, 7) is 1.90. The molecule has 6 nitrogen and oxygen atoms in total. The molecule has 2 heterocycles. The Bertz CT molecular complexity index is 990. The lowest BCUT2D eigenvalue weighted by molar-refractivity contribution is 0.102. The molecule has 0 saturated carbocycles. The van der Waals surface area contributed by atoms with Crippen LogP contribution in [0.1, 0.15) is 26.3 Å². The fourth-order valence-electron chi connectivity index (χ4n) is 2.24. The average molecular weight is 401 g/mol. The molecule has 2 amide bonds. The van der Waals surface area contributed by atoms with E-state index in [-0.39, 0.29) is 10.7 Å².